The average molecular weight is 238 g/mol. The molecule has 0 aliphatic carbocycles. The van der Waals surface area contributed by atoms with E-state index in [1.807, 2.05) is 19.1 Å². The van der Waals surface area contributed by atoms with Crippen molar-refractivity contribution in [1.82, 2.24) is 9.97 Å². The monoisotopic (exact) mass is 238 g/mol. The van der Waals surface area contributed by atoms with Crippen molar-refractivity contribution in [2.45, 2.75) is 6.92 Å². The van der Waals surface area contributed by atoms with Crippen molar-refractivity contribution in [3.05, 3.63) is 53.5 Å². The van der Waals surface area contributed by atoms with E-state index in [4.69, 9.17) is 5.26 Å². The molecule has 0 unspecified atom stereocenters. The molecule has 0 spiro atoms. The first-order valence-corrected chi connectivity index (χ1v) is 5.29. The van der Waals surface area contributed by atoms with Crippen LogP contribution in [-0.4, -0.2) is 15.9 Å². The number of aromatic nitrogens is 2. The van der Waals surface area contributed by atoms with E-state index >= 15 is 0 Å². The molecule has 2 aromatic heterocycles. The fourth-order valence-corrected chi connectivity index (χ4v) is 1.32. The molecule has 0 bridgehead atoms. The molecule has 18 heavy (non-hydrogen) atoms. The number of nitrogens with zero attached hydrogens (tertiary/aromatic N) is 3. The van der Waals surface area contributed by atoms with E-state index < -0.39 is 0 Å². The minimum absolute atomic E-state index is 0.247. The number of carbonyl (C=O) groups is 1. The summed E-state index contributed by atoms with van der Waals surface area (Å²) in [7, 11) is 0. The number of anilines is 1. The number of pyridine rings is 2. The van der Waals surface area contributed by atoms with Crippen LogP contribution >= 0.6 is 0 Å². The second-order valence-electron chi connectivity index (χ2n) is 3.72. The maximum atomic E-state index is 11.8. The van der Waals surface area contributed by atoms with Gasteiger partial charge in [-0.25, -0.2) is 9.97 Å². The Morgan fingerprint density at radius 2 is 2.06 bits per heavy atom. The summed E-state index contributed by atoms with van der Waals surface area (Å²) in [6.45, 7) is 1.92. The third-order valence-electron chi connectivity index (χ3n) is 2.28. The molecule has 1 N–H and O–H groups in total. The largest absolute Gasteiger partial charge is 0.305 e. The summed E-state index contributed by atoms with van der Waals surface area (Å²) >= 11 is 0. The van der Waals surface area contributed by atoms with Gasteiger partial charge in [0.25, 0.3) is 5.91 Å². The van der Waals surface area contributed by atoms with Crippen LogP contribution in [0.2, 0.25) is 0 Å². The van der Waals surface area contributed by atoms with Crippen LogP contribution in [0.5, 0.6) is 0 Å². The minimum atomic E-state index is -0.351. The van der Waals surface area contributed by atoms with Crippen molar-refractivity contribution in [3.63, 3.8) is 0 Å². The first-order valence-electron chi connectivity index (χ1n) is 5.29. The predicted octanol–water partition coefficient (Wildman–Crippen LogP) is 1.91. The predicted molar refractivity (Wildman–Crippen MR) is 65.9 cm³/mol. The zero-order valence-corrected chi connectivity index (χ0v) is 9.71. The molecule has 0 radical (unpaired) electrons. The van der Waals surface area contributed by atoms with Crippen molar-refractivity contribution in [2.75, 3.05) is 5.32 Å². The number of amides is 1. The zero-order valence-electron chi connectivity index (χ0n) is 9.71. The van der Waals surface area contributed by atoms with Gasteiger partial charge in [-0.05, 0) is 30.7 Å². The van der Waals surface area contributed by atoms with Gasteiger partial charge in [0.15, 0.2) is 0 Å². The average Bonchev–Trinajstić information content (AvgIpc) is 2.41. The van der Waals surface area contributed by atoms with E-state index in [1.54, 1.807) is 18.3 Å². The smallest absolute Gasteiger partial charge is 0.275 e. The summed E-state index contributed by atoms with van der Waals surface area (Å²) in [5.41, 5.74) is 1.68. The van der Waals surface area contributed by atoms with Gasteiger partial charge in [-0.3, -0.25) is 4.79 Å². The second-order valence-corrected chi connectivity index (χ2v) is 3.72. The number of hydrogen-bond acceptors (Lipinski definition) is 4. The summed E-state index contributed by atoms with van der Waals surface area (Å²) in [6, 6.07) is 8.57. The molecule has 88 valence electrons. The minimum Gasteiger partial charge on any atom is -0.305 e. The number of rotatable bonds is 2. The Kier molecular flexibility index (Phi) is 3.30. The van der Waals surface area contributed by atoms with Crippen molar-refractivity contribution in [2.24, 2.45) is 0 Å². The molecule has 0 saturated heterocycles. The second kappa shape index (κ2) is 5.06. The molecule has 5 heteroatoms. The van der Waals surface area contributed by atoms with Crippen molar-refractivity contribution >= 4 is 11.7 Å². The highest BCUT2D eigenvalue weighted by molar-refractivity contribution is 6.02. The quantitative estimate of drug-likeness (QED) is 0.866. The van der Waals surface area contributed by atoms with Gasteiger partial charge in [0.1, 0.15) is 17.6 Å². The lowest BCUT2D eigenvalue weighted by Crippen LogP contribution is -2.14. The lowest BCUT2D eigenvalue weighted by Gasteiger charge is -2.03. The normalized spacial score (nSPS) is 9.56. The molecule has 2 heterocycles. The molecule has 0 fully saturated rings. The van der Waals surface area contributed by atoms with Gasteiger partial charge in [0.2, 0.25) is 0 Å². The Morgan fingerprint density at radius 1 is 1.22 bits per heavy atom. The number of carbonyl (C=O) groups excluding carboxylic acids is 1. The zero-order chi connectivity index (χ0) is 13.0. The molecular formula is C13H10N4O. The van der Waals surface area contributed by atoms with Gasteiger partial charge in [-0.1, -0.05) is 6.07 Å². The SMILES string of the molecule is Cc1ccc(NC(=O)c2ccc(C#N)cn2)nc1. The van der Waals surface area contributed by atoms with Crippen LogP contribution in [0.25, 0.3) is 0 Å². The number of hydrogen-bond donors (Lipinski definition) is 1. The van der Waals surface area contributed by atoms with Gasteiger partial charge in [-0.2, -0.15) is 5.26 Å². The van der Waals surface area contributed by atoms with E-state index in [0.29, 0.717) is 11.4 Å². The summed E-state index contributed by atoms with van der Waals surface area (Å²) in [5.74, 6) is 0.118. The van der Waals surface area contributed by atoms with Crippen molar-refractivity contribution in [3.8, 4) is 6.07 Å². The van der Waals surface area contributed by atoms with Crippen LogP contribution in [0.4, 0.5) is 5.82 Å². The van der Waals surface area contributed by atoms with E-state index in [0.717, 1.165) is 5.56 Å². The topological polar surface area (TPSA) is 78.7 Å². The van der Waals surface area contributed by atoms with E-state index in [-0.39, 0.29) is 11.6 Å². The van der Waals surface area contributed by atoms with Crippen LogP contribution in [0.15, 0.2) is 36.7 Å². The number of nitrogens with one attached hydrogen (secondary N) is 1. The van der Waals surface area contributed by atoms with Crippen molar-refractivity contribution in [1.29, 1.82) is 5.26 Å². The van der Waals surface area contributed by atoms with Crippen LogP contribution < -0.4 is 5.32 Å². The fraction of sp³-hybridized carbons (Fsp3) is 0.0769. The molecule has 0 saturated carbocycles. The van der Waals surface area contributed by atoms with Crippen molar-refractivity contribution < 1.29 is 4.79 Å². The Hall–Kier alpha value is -2.74. The van der Waals surface area contributed by atoms with E-state index in [1.165, 1.54) is 12.3 Å². The standard InChI is InChI=1S/C13H10N4O/c1-9-2-5-12(16-7-9)17-13(18)11-4-3-10(6-14)8-15-11/h2-5,7-8H,1H3,(H,16,17,18). The summed E-state index contributed by atoms with van der Waals surface area (Å²) < 4.78 is 0. The fourth-order valence-electron chi connectivity index (χ4n) is 1.32. The highest BCUT2D eigenvalue weighted by Crippen LogP contribution is 2.06. The molecule has 2 rings (SSSR count). The van der Waals surface area contributed by atoms with E-state index in [2.05, 4.69) is 15.3 Å². The summed E-state index contributed by atoms with van der Waals surface area (Å²) in [4.78, 5) is 19.8. The molecule has 0 aromatic carbocycles. The molecule has 0 aliphatic heterocycles. The summed E-state index contributed by atoms with van der Waals surface area (Å²) in [6.07, 6.45) is 3.03. The Bertz CT molecular complexity index is 596. The lowest BCUT2D eigenvalue weighted by atomic mass is 10.2. The lowest BCUT2D eigenvalue weighted by molar-refractivity contribution is 0.102. The molecular weight excluding hydrogens is 228 g/mol. The molecule has 5 nitrogen and oxygen atoms in total. The molecule has 1 amide bonds. The highest BCUT2D eigenvalue weighted by atomic mass is 16.1. The van der Waals surface area contributed by atoms with Gasteiger partial charge in [-0.15, -0.1) is 0 Å². The molecule has 0 atom stereocenters. The summed E-state index contributed by atoms with van der Waals surface area (Å²) in [5, 5.41) is 11.3. The van der Waals surface area contributed by atoms with Crippen LogP contribution in [0, 0.1) is 18.3 Å². The van der Waals surface area contributed by atoms with Crippen LogP contribution in [0.3, 0.4) is 0 Å². The third kappa shape index (κ3) is 2.68. The Balaban J connectivity index is 2.12. The Labute approximate surface area is 104 Å². The van der Waals surface area contributed by atoms with Gasteiger partial charge in [0, 0.05) is 12.4 Å². The van der Waals surface area contributed by atoms with Crippen LogP contribution in [-0.2, 0) is 0 Å². The first kappa shape index (κ1) is 11.7. The number of aryl methyl sites for hydroxylation is 1. The highest BCUT2D eigenvalue weighted by Gasteiger charge is 2.07. The molecule has 2 aromatic rings. The van der Waals surface area contributed by atoms with E-state index in [9.17, 15) is 4.79 Å². The maximum Gasteiger partial charge on any atom is 0.275 e. The Morgan fingerprint density at radius 3 is 2.61 bits per heavy atom. The van der Waals surface area contributed by atoms with Crippen LogP contribution in [0.1, 0.15) is 21.6 Å². The molecule has 0 aliphatic rings. The third-order valence-corrected chi connectivity index (χ3v) is 2.28. The number of nitriles is 1. The van der Waals surface area contributed by atoms with Gasteiger partial charge >= 0.3 is 0 Å². The van der Waals surface area contributed by atoms with Gasteiger partial charge in [0.05, 0.1) is 5.56 Å². The first-order chi connectivity index (χ1) is 8.69. The maximum absolute atomic E-state index is 11.8. The van der Waals surface area contributed by atoms with Gasteiger partial charge < -0.3 is 5.32 Å².